The van der Waals surface area contributed by atoms with Gasteiger partial charge in [0, 0.05) is 53.9 Å². The minimum absolute atomic E-state index is 0.0124. The van der Waals surface area contributed by atoms with Gasteiger partial charge in [0.25, 0.3) is 0 Å². The molecule has 0 aliphatic carbocycles. The van der Waals surface area contributed by atoms with Crippen LogP contribution in [-0.2, 0) is 37.5 Å². The Balaban J connectivity index is 1.26. The van der Waals surface area contributed by atoms with Gasteiger partial charge >= 0.3 is 17.9 Å². The molecule has 58 heavy (non-hydrogen) atoms. The Kier molecular flexibility index (Phi) is 9.70. The molecule has 7 aliphatic heterocycles. The van der Waals surface area contributed by atoms with Gasteiger partial charge in [-0.3, -0.25) is 19.8 Å². The van der Waals surface area contributed by atoms with Gasteiger partial charge in [0.15, 0.2) is 40.0 Å². The Labute approximate surface area is 339 Å². The second-order valence-corrected chi connectivity index (χ2v) is 16.8. The zero-order chi connectivity index (χ0) is 40.8. The Morgan fingerprint density at radius 2 is 1.79 bits per heavy atom. The van der Waals surface area contributed by atoms with Gasteiger partial charge in [-0.2, -0.15) is 0 Å². The van der Waals surface area contributed by atoms with Crippen LogP contribution in [0.1, 0.15) is 88.5 Å². The number of nitrogens with one attached hydrogen (secondary N) is 2. The molecule has 7 heterocycles. The fourth-order valence-corrected chi connectivity index (χ4v) is 11.7. The monoisotopic (exact) mass is 817 g/mol. The van der Waals surface area contributed by atoms with E-state index in [-0.39, 0.29) is 43.0 Å². The van der Waals surface area contributed by atoms with Gasteiger partial charge in [0.1, 0.15) is 18.6 Å². The highest BCUT2D eigenvalue weighted by Crippen LogP contribution is 2.63. The van der Waals surface area contributed by atoms with Crippen molar-refractivity contribution < 1.29 is 57.8 Å². The standard InChI is InChI=1S/C42H47N3O12S/c1-7-8-28(47)57-27-13-21-9-10-43-42(23(21)14-26(27)51-5)16-58-39-31-30(38-37(54-17-55-38)19(3)36(31)56-20(4)46)25(15-53-41(42)50)45-33(39)32-29-22(12-24(44-32)40(45)49)11-18(2)35(52-6)34(29)48/h11,13-14,24-25,32-33,39-40,43-44,48-49H,7-10,12,15-17H2,1-6H3/t24-,25+,32+,33?,39-,40+,42-/m1/s1. The van der Waals surface area contributed by atoms with Crippen molar-refractivity contribution in [1.29, 1.82) is 0 Å². The maximum absolute atomic E-state index is 14.9. The van der Waals surface area contributed by atoms with E-state index in [1.165, 1.54) is 32.9 Å². The molecule has 0 radical (unpaired) electrons. The number of esters is 3. The average molecular weight is 818 g/mol. The van der Waals surface area contributed by atoms with Crippen molar-refractivity contribution in [2.24, 2.45) is 0 Å². The molecule has 7 aliphatic rings. The number of fused-ring (bicyclic) bond motifs is 9. The molecule has 3 aromatic carbocycles. The van der Waals surface area contributed by atoms with E-state index >= 15 is 0 Å². The number of aryl methyl sites for hydroxylation is 1. The summed E-state index contributed by atoms with van der Waals surface area (Å²) in [5, 5.41) is 31.0. The Bertz CT molecular complexity index is 2250. The van der Waals surface area contributed by atoms with Crippen molar-refractivity contribution in [3.05, 3.63) is 62.7 Å². The summed E-state index contributed by atoms with van der Waals surface area (Å²) in [6.45, 7) is 7.06. The first-order chi connectivity index (χ1) is 27.9. The predicted molar refractivity (Wildman–Crippen MR) is 209 cm³/mol. The smallest absolute Gasteiger partial charge is 0.331 e. The summed E-state index contributed by atoms with van der Waals surface area (Å²) >= 11 is 1.45. The second-order valence-electron chi connectivity index (χ2n) is 15.7. The second kappa shape index (κ2) is 14.5. The largest absolute Gasteiger partial charge is 0.504 e. The van der Waals surface area contributed by atoms with Crippen LogP contribution in [0.15, 0.2) is 18.2 Å². The highest BCUT2D eigenvalue weighted by atomic mass is 32.2. The fourth-order valence-electron chi connectivity index (χ4n) is 10.0. The molecule has 0 amide bonds. The summed E-state index contributed by atoms with van der Waals surface area (Å²) in [4.78, 5) is 42.4. The van der Waals surface area contributed by atoms with Crippen molar-refractivity contribution in [2.45, 2.75) is 94.6 Å². The van der Waals surface area contributed by atoms with Crippen LogP contribution in [0.25, 0.3) is 0 Å². The zero-order valence-electron chi connectivity index (χ0n) is 33.2. The molecular formula is C42H47N3O12S. The van der Waals surface area contributed by atoms with E-state index in [0.29, 0.717) is 82.4 Å². The molecule has 4 N–H and O–H groups in total. The lowest BCUT2D eigenvalue weighted by Crippen LogP contribution is -2.69. The lowest BCUT2D eigenvalue weighted by Gasteiger charge is -2.59. The zero-order valence-corrected chi connectivity index (χ0v) is 34.0. The van der Waals surface area contributed by atoms with Gasteiger partial charge in [-0.1, -0.05) is 13.0 Å². The fraction of sp³-hybridized carbons (Fsp3) is 0.500. The number of aliphatic hydroxyl groups excluding tert-OH is 1. The van der Waals surface area contributed by atoms with E-state index in [1.807, 2.05) is 31.7 Å². The minimum Gasteiger partial charge on any atom is -0.504 e. The van der Waals surface area contributed by atoms with Crippen LogP contribution in [0.5, 0.6) is 40.2 Å². The molecule has 2 saturated heterocycles. The van der Waals surface area contributed by atoms with Gasteiger partial charge in [-0.15, -0.1) is 11.8 Å². The van der Waals surface area contributed by atoms with Crippen LogP contribution in [0.4, 0.5) is 0 Å². The molecule has 4 bridgehead atoms. The van der Waals surface area contributed by atoms with E-state index in [1.54, 1.807) is 12.1 Å². The molecule has 7 atom stereocenters. The molecule has 1 spiro atoms. The van der Waals surface area contributed by atoms with Gasteiger partial charge in [0.2, 0.25) is 6.79 Å². The summed E-state index contributed by atoms with van der Waals surface area (Å²) in [5.41, 5.74) is 4.17. The quantitative estimate of drug-likeness (QED) is 0.206. The number of nitrogens with zero attached hydrogens (tertiary/aromatic N) is 1. The van der Waals surface area contributed by atoms with Crippen LogP contribution >= 0.6 is 11.8 Å². The summed E-state index contributed by atoms with van der Waals surface area (Å²) < 4.78 is 41.9. The Morgan fingerprint density at radius 1 is 1.00 bits per heavy atom. The van der Waals surface area contributed by atoms with E-state index in [0.717, 1.165) is 16.7 Å². The number of phenolic OH excluding ortho intramolecular Hbond substituents is 1. The highest BCUT2D eigenvalue weighted by Gasteiger charge is 2.60. The Morgan fingerprint density at radius 3 is 2.53 bits per heavy atom. The first kappa shape index (κ1) is 38.8. The molecule has 0 aromatic heterocycles. The maximum Gasteiger partial charge on any atom is 0.331 e. The maximum atomic E-state index is 14.9. The number of carbonyl (C=O) groups is 3. The number of methoxy groups -OCH3 is 2. The van der Waals surface area contributed by atoms with E-state index in [9.17, 15) is 24.6 Å². The number of aliphatic hydroxyl groups is 1. The molecule has 308 valence electrons. The normalized spacial score (nSPS) is 27.7. The van der Waals surface area contributed by atoms with Gasteiger partial charge in [0.05, 0.1) is 37.6 Å². The number of ether oxygens (including phenoxy) is 7. The van der Waals surface area contributed by atoms with Crippen molar-refractivity contribution >= 4 is 29.7 Å². The van der Waals surface area contributed by atoms with Gasteiger partial charge in [-0.05, 0) is 67.5 Å². The minimum atomic E-state index is -1.40. The van der Waals surface area contributed by atoms with Crippen molar-refractivity contribution in [1.82, 2.24) is 15.5 Å². The van der Waals surface area contributed by atoms with E-state index in [2.05, 4.69) is 10.6 Å². The van der Waals surface area contributed by atoms with E-state index in [4.69, 9.17) is 33.2 Å². The first-order valence-electron chi connectivity index (χ1n) is 19.6. The number of benzene rings is 3. The van der Waals surface area contributed by atoms with Crippen LogP contribution in [0, 0.1) is 13.8 Å². The molecule has 15 nitrogen and oxygen atoms in total. The number of rotatable bonds is 6. The molecule has 0 saturated carbocycles. The predicted octanol–water partition coefficient (Wildman–Crippen LogP) is 4.07. The molecule has 2 fully saturated rings. The van der Waals surface area contributed by atoms with Crippen LogP contribution in [-0.4, -0.2) is 91.2 Å². The first-order valence-corrected chi connectivity index (χ1v) is 20.7. The van der Waals surface area contributed by atoms with Crippen LogP contribution in [0.3, 0.4) is 0 Å². The number of hydrogen-bond acceptors (Lipinski definition) is 16. The molecular weight excluding hydrogens is 771 g/mol. The number of carbonyl (C=O) groups excluding carboxylic acids is 3. The van der Waals surface area contributed by atoms with E-state index < -0.39 is 53.1 Å². The summed E-state index contributed by atoms with van der Waals surface area (Å²) in [5.74, 6) is 0.783. The number of aromatic hydroxyl groups is 1. The SMILES string of the molecule is CCCC(=O)Oc1cc2c(cc1OC)[C@@]1(CS[C@@H]3c4c(OC(C)=O)c(C)c5c(c4[C@H](COC1=O)N1C3[C@H]3N[C@H](Cc4cc(C)c(OC)c(O)c43)[C@@H]1O)OCO5)NCC2. The van der Waals surface area contributed by atoms with Crippen LogP contribution < -0.4 is 39.1 Å². The van der Waals surface area contributed by atoms with Crippen molar-refractivity contribution in [3.8, 4) is 40.2 Å². The highest BCUT2D eigenvalue weighted by molar-refractivity contribution is 7.99. The number of hydrogen-bond donors (Lipinski definition) is 4. The van der Waals surface area contributed by atoms with Crippen LogP contribution in [0.2, 0.25) is 0 Å². The molecule has 1 unspecified atom stereocenters. The Hall–Kier alpha value is -4.74. The lowest BCUT2D eigenvalue weighted by molar-refractivity contribution is -0.164. The lowest BCUT2D eigenvalue weighted by atomic mass is 9.74. The van der Waals surface area contributed by atoms with Gasteiger partial charge in [-0.25, -0.2) is 4.79 Å². The molecule has 10 rings (SSSR count). The summed E-state index contributed by atoms with van der Waals surface area (Å²) in [6.07, 6.45) is 0.747. The third-order valence-electron chi connectivity index (χ3n) is 12.4. The molecule has 16 heteroatoms. The third kappa shape index (κ3) is 5.74. The molecule has 3 aromatic rings. The number of piperazine rings is 1. The van der Waals surface area contributed by atoms with Gasteiger partial charge < -0.3 is 48.7 Å². The average Bonchev–Trinajstić information content (AvgIpc) is 3.69. The van der Waals surface area contributed by atoms with Crippen molar-refractivity contribution in [2.75, 3.05) is 39.9 Å². The number of phenols is 1. The summed E-state index contributed by atoms with van der Waals surface area (Å²) in [7, 11) is 3.01. The number of thioether (sulfide) groups is 1. The summed E-state index contributed by atoms with van der Waals surface area (Å²) in [6, 6.07) is 3.09. The van der Waals surface area contributed by atoms with Crippen molar-refractivity contribution in [3.63, 3.8) is 0 Å². The third-order valence-corrected chi connectivity index (χ3v) is 13.9. The topological polar surface area (TPSA) is 184 Å².